The van der Waals surface area contributed by atoms with E-state index in [1.165, 1.54) is 0 Å². The topological polar surface area (TPSA) is 79.5 Å². The van der Waals surface area contributed by atoms with Crippen LogP contribution < -0.4 is 10.6 Å². The summed E-state index contributed by atoms with van der Waals surface area (Å²) in [5.74, 6) is -0.867. The molecule has 0 saturated carbocycles. The number of nitrogens with two attached hydrogens (primary N) is 1. The number of carbonyl (C=O) groups is 1. The van der Waals surface area contributed by atoms with Crippen molar-refractivity contribution in [1.82, 2.24) is 4.98 Å². The van der Waals surface area contributed by atoms with Crippen LogP contribution in [0.25, 0.3) is 0 Å². The fraction of sp³-hybridized carbons (Fsp3) is 0.333. The molecule has 5 nitrogen and oxygen atoms in total. The third-order valence-electron chi connectivity index (χ3n) is 5.00. The SMILES string of the molecule is NC1CCCc2c1cncc2N1Cc2cc(Cl)ccc2C1C(=O)O. The second-order valence-corrected chi connectivity index (χ2v) is 6.87. The molecule has 6 heteroatoms. The Morgan fingerprint density at radius 3 is 2.96 bits per heavy atom. The number of hydrogen-bond donors (Lipinski definition) is 2. The van der Waals surface area contributed by atoms with E-state index in [2.05, 4.69) is 4.98 Å². The highest BCUT2D eigenvalue weighted by Gasteiger charge is 2.37. The maximum absolute atomic E-state index is 11.9. The van der Waals surface area contributed by atoms with Crippen LogP contribution in [0.1, 0.15) is 47.2 Å². The van der Waals surface area contributed by atoms with Crippen molar-refractivity contribution >= 4 is 23.3 Å². The first-order chi connectivity index (χ1) is 11.6. The van der Waals surface area contributed by atoms with Crippen molar-refractivity contribution in [3.63, 3.8) is 0 Å². The highest BCUT2D eigenvalue weighted by atomic mass is 35.5. The first-order valence-electron chi connectivity index (χ1n) is 8.06. The van der Waals surface area contributed by atoms with Crippen molar-refractivity contribution in [1.29, 1.82) is 0 Å². The van der Waals surface area contributed by atoms with Crippen LogP contribution >= 0.6 is 11.6 Å². The highest BCUT2D eigenvalue weighted by molar-refractivity contribution is 6.30. The molecule has 2 unspecified atom stereocenters. The predicted molar refractivity (Wildman–Crippen MR) is 92.1 cm³/mol. The van der Waals surface area contributed by atoms with Gasteiger partial charge in [0.05, 0.1) is 11.9 Å². The van der Waals surface area contributed by atoms with E-state index in [0.717, 1.165) is 47.2 Å². The van der Waals surface area contributed by atoms with Gasteiger partial charge < -0.3 is 15.7 Å². The second-order valence-electron chi connectivity index (χ2n) is 6.44. The lowest BCUT2D eigenvalue weighted by Crippen LogP contribution is -2.30. The lowest BCUT2D eigenvalue weighted by molar-refractivity contribution is -0.138. The van der Waals surface area contributed by atoms with Crippen LogP contribution in [0.3, 0.4) is 0 Å². The van der Waals surface area contributed by atoms with E-state index in [0.29, 0.717) is 11.6 Å². The Morgan fingerprint density at radius 1 is 1.33 bits per heavy atom. The molecule has 1 aromatic carbocycles. The first kappa shape index (κ1) is 15.4. The Bertz CT molecular complexity index is 824. The zero-order valence-electron chi connectivity index (χ0n) is 13.1. The predicted octanol–water partition coefficient (Wildman–Crippen LogP) is 3.22. The fourth-order valence-electron chi connectivity index (χ4n) is 3.90. The van der Waals surface area contributed by atoms with E-state index in [9.17, 15) is 9.90 Å². The van der Waals surface area contributed by atoms with Crippen LogP contribution in [0.5, 0.6) is 0 Å². The molecule has 4 rings (SSSR count). The number of pyridine rings is 1. The number of aliphatic carboxylic acids is 1. The Balaban J connectivity index is 1.83. The average Bonchev–Trinajstić information content (AvgIpc) is 2.93. The molecule has 0 radical (unpaired) electrons. The van der Waals surface area contributed by atoms with Gasteiger partial charge in [0.2, 0.25) is 0 Å². The molecule has 0 amide bonds. The summed E-state index contributed by atoms with van der Waals surface area (Å²) in [4.78, 5) is 18.2. The van der Waals surface area contributed by atoms with Gasteiger partial charge in [-0.2, -0.15) is 0 Å². The number of aromatic nitrogens is 1. The van der Waals surface area contributed by atoms with Gasteiger partial charge in [-0.3, -0.25) is 4.98 Å². The van der Waals surface area contributed by atoms with Gasteiger partial charge in [0.25, 0.3) is 0 Å². The molecule has 24 heavy (non-hydrogen) atoms. The average molecular weight is 344 g/mol. The normalized spacial score (nSPS) is 22.2. The minimum Gasteiger partial charge on any atom is -0.479 e. The number of hydrogen-bond acceptors (Lipinski definition) is 4. The van der Waals surface area contributed by atoms with Crippen LogP contribution in [0.15, 0.2) is 30.6 Å². The number of carboxylic acid groups (broad SMARTS) is 1. The van der Waals surface area contributed by atoms with Crippen molar-refractivity contribution in [2.24, 2.45) is 5.73 Å². The fourth-order valence-corrected chi connectivity index (χ4v) is 4.09. The maximum Gasteiger partial charge on any atom is 0.331 e. The second kappa shape index (κ2) is 5.76. The summed E-state index contributed by atoms with van der Waals surface area (Å²) in [5.41, 5.74) is 11.0. The van der Waals surface area contributed by atoms with Gasteiger partial charge >= 0.3 is 5.97 Å². The smallest absolute Gasteiger partial charge is 0.331 e. The molecule has 1 aliphatic heterocycles. The molecule has 2 aromatic rings. The highest BCUT2D eigenvalue weighted by Crippen LogP contribution is 2.42. The van der Waals surface area contributed by atoms with Crippen LogP contribution in [-0.2, 0) is 17.8 Å². The van der Waals surface area contributed by atoms with Gasteiger partial charge in [0.1, 0.15) is 0 Å². The Hall–Kier alpha value is -2.11. The molecular weight excluding hydrogens is 326 g/mol. The molecule has 0 bridgehead atoms. The number of nitrogens with zero attached hydrogens (tertiary/aromatic N) is 2. The number of benzene rings is 1. The zero-order chi connectivity index (χ0) is 16.8. The van der Waals surface area contributed by atoms with Crippen molar-refractivity contribution in [2.75, 3.05) is 4.90 Å². The van der Waals surface area contributed by atoms with Gasteiger partial charge in [0, 0.05) is 23.8 Å². The van der Waals surface area contributed by atoms with E-state index in [4.69, 9.17) is 17.3 Å². The Kier molecular flexibility index (Phi) is 3.70. The van der Waals surface area contributed by atoms with Gasteiger partial charge in [-0.05, 0) is 53.6 Å². The van der Waals surface area contributed by atoms with E-state index in [1.54, 1.807) is 12.3 Å². The first-order valence-corrected chi connectivity index (χ1v) is 8.44. The minimum atomic E-state index is -0.867. The van der Waals surface area contributed by atoms with Crippen molar-refractivity contribution in [2.45, 2.75) is 37.9 Å². The minimum absolute atomic E-state index is 0.0242. The lowest BCUT2D eigenvalue weighted by atomic mass is 9.88. The lowest BCUT2D eigenvalue weighted by Gasteiger charge is -2.30. The van der Waals surface area contributed by atoms with E-state index >= 15 is 0 Å². The van der Waals surface area contributed by atoms with Crippen molar-refractivity contribution in [3.8, 4) is 0 Å². The summed E-state index contributed by atoms with van der Waals surface area (Å²) in [6.45, 7) is 0.514. The molecule has 1 aliphatic carbocycles. The van der Waals surface area contributed by atoms with Crippen LogP contribution in [-0.4, -0.2) is 16.1 Å². The van der Waals surface area contributed by atoms with Gasteiger partial charge in [-0.25, -0.2) is 4.79 Å². The van der Waals surface area contributed by atoms with Crippen LogP contribution in [0, 0.1) is 0 Å². The number of fused-ring (bicyclic) bond motifs is 2. The summed E-state index contributed by atoms with van der Waals surface area (Å²) in [6, 6.07) is 4.66. The number of carboxylic acids is 1. The molecule has 1 aromatic heterocycles. The molecule has 124 valence electrons. The molecule has 2 aliphatic rings. The molecule has 0 saturated heterocycles. The number of rotatable bonds is 2. The molecule has 3 N–H and O–H groups in total. The van der Waals surface area contributed by atoms with Crippen LogP contribution in [0.4, 0.5) is 5.69 Å². The van der Waals surface area contributed by atoms with Crippen molar-refractivity contribution in [3.05, 3.63) is 57.9 Å². The van der Waals surface area contributed by atoms with E-state index < -0.39 is 12.0 Å². The molecular formula is C18H18ClN3O2. The monoisotopic (exact) mass is 343 g/mol. The summed E-state index contributed by atoms with van der Waals surface area (Å²) < 4.78 is 0. The number of anilines is 1. The van der Waals surface area contributed by atoms with Gasteiger partial charge in [0.15, 0.2) is 6.04 Å². The largest absolute Gasteiger partial charge is 0.479 e. The zero-order valence-corrected chi connectivity index (χ0v) is 13.8. The summed E-state index contributed by atoms with van der Waals surface area (Å²) >= 11 is 6.08. The summed E-state index contributed by atoms with van der Waals surface area (Å²) in [6.07, 6.45) is 6.44. The summed E-state index contributed by atoms with van der Waals surface area (Å²) in [7, 11) is 0. The third kappa shape index (κ3) is 2.36. The standard InChI is InChI=1S/C18H18ClN3O2/c19-11-4-5-12-10(6-11)9-22(17(12)18(23)24)16-8-21-7-14-13(16)2-1-3-15(14)20/h4-8,15,17H,1-3,9,20H2,(H,23,24). The van der Waals surface area contributed by atoms with E-state index in [1.807, 2.05) is 23.2 Å². The van der Waals surface area contributed by atoms with Gasteiger partial charge in [-0.1, -0.05) is 17.7 Å². The van der Waals surface area contributed by atoms with Gasteiger partial charge in [-0.15, -0.1) is 0 Å². The van der Waals surface area contributed by atoms with Crippen LogP contribution in [0.2, 0.25) is 5.02 Å². The molecule has 0 fully saturated rings. The summed E-state index contributed by atoms with van der Waals surface area (Å²) in [5, 5.41) is 10.4. The van der Waals surface area contributed by atoms with Crippen molar-refractivity contribution < 1.29 is 9.90 Å². The molecule has 2 atom stereocenters. The third-order valence-corrected chi connectivity index (χ3v) is 5.24. The van der Waals surface area contributed by atoms with E-state index in [-0.39, 0.29) is 6.04 Å². The molecule has 0 spiro atoms. The molecule has 2 heterocycles. The number of halogens is 1. The Labute approximate surface area is 145 Å². The quantitative estimate of drug-likeness (QED) is 0.875. The Morgan fingerprint density at radius 2 is 2.17 bits per heavy atom. The maximum atomic E-state index is 11.9.